The maximum absolute atomic E-state index is 10.8. The van der Waals surface area contributed by atoms with E-state index in [1.54, 1.807) is 0 Å². The second-order valence-electron chi connectivity index (χ2n) is 2.73. The van der Waals surface area contributed by atoms with Crippen molar-refractivity contribution in [2.45, 2.75) is 18.5 Å². The molecule has 6 nitrogen and oxygen atoms in total. The summed E-state index contributed by atoms with van der Waals surface area (Å²) in [5.41, 5.74) is 5.55. The third-order valence-electron chi connectivity index (χ3n) is 1.77. The average molecular weight is 173 g/mol. The number of nitrogens with two attached hydrogens (primary N) is 1. The Labute approximate surface area is 69.1 Å². The molecule has 2 atom stereocenters. The summed E-state index contributed by atoms with van der Waals surface area (Å²) in [6.07, 6.45) is -1.03. The highest BCUT2D eigenvalue weighted by atomic mass is 16.4. The van der Waals surface area contributed by atoms with Crippen LogP contribution in [0.1, 0.15) is 6.42 Å². The second-order valence-corrected chi connectivity index (χ2v) is 2.73. The standard InChI is InChI=1S/C6H11N3O3/c7-3-2-8-5(10)1-4(3)9-6(11)12/h3-4,9H,1-2,7H2,(H,8,10)(H,11,12). The van der Waals surface area contributed by atoms with Crippen LogP contribution < -0.4 is 16.4 Å². The van der Waals surface area contributed by atoms with Crippen LogP contribution in [0.2, 0.25) is 0 Å². The van der Waals surface area contributed by atoms with Crippen LogP contribution in [0.15, 0.2) is 0 Å². The molecule has 68 valence electrons. The van der Waals surface area contributed by atoms with E-state index in [2.05, 4.69) is 10.6 Å². The second kappa shape index (κ2) is 3.40. The first kappa shape index (κ1) is 8.79. The molecule has 0 aromatic carbocycles. The van der Waals surface area contributed by atoms with Gasteiger partial charge in [0.15, 0.2) is 0 Å². The lowest BCUT2D eigenvalue weighted by Gasteiger charge is -2.28. The van der Waals surface area contributed by atoms with Crippen LogP contribution in [-0.2, 0) is 4.79 Å². The van der Waals surface area contributed by atoms with Gasteiger partial charge in [0.1, 0.15) is 0 Å². The molecule has 0 radical (unpaired) electrons. The fraction of sp³-hybridized carbons (Fsp3) is 0.667. The molecule has 1 aliphatic heterocycles. The largest absolute Gasteiger partial charge is 0.465 e. The van der Waals surface area contributed by atoms with E-state index in [9.17, 15) is 9.59 Å². The highest BCUT2D eigenvalue weighted by Crippen LogP contribution is 2.01. The van der Waals surface area contributed by atoms with Crippen LogP contribution in [0.3, 0.4) is 0 Å². The molecule has 6 heteroatoms. The predicted octanol–water partition coefficient (Wildman–Crippen LogP) is -1.53. The average Bonchev–Trinajstić information content (AvgIpc) is 1.96. The first-order valence-corrected chi connectivity index (χ1v) is 3.61. The molecule has 12 heavy (non-hydrogen) atoms. The number of carbonyl (C=O) groups is 2. The fourth-order valence-electron chi connectivity index (χ4n) is 1.11. The zero-order valence-electron chi connectivity index (χ0n) is 6.41. The molecule has 2 unspecified atom stereocenters. The van der Waals surface area contributed by atoms with Crippen molar-refractivity contribution >= 4 is 12.0 Å². The van der Waals surface area contributed by atoms with Crippen molar-refractivity contribution in [1.82, 2.24) is 10.6 Å². The molecule has 0 bridgehead atoms. The molecule has 0 aromatic rings. The lowest BCUT2D eigenvalue weighted by Crippen LogP contribution is -2.58. The van der Waals surface area contributed by atoms with E-state index in [1.807, 2.05) is 0 Å². The molecule has 0 spiro atoms. The maximum atomic E-state index is 10.8. The fourth-order valence-corrected chi connectivity index (χ4v) is 1.11. The zero-order chi connectivity index (χ0) is 9.14. The van der Waals surface area contributed by atoms with E-state index in [0.717, 1.165) is 0 Å². The Morgan fingerprint density at radius 1 is 1.75 bits per heavy atom. The van der Waals surface area contributed by atoms with E-state index in [1.165, 1.54) is 0 Å². The van der Waals surface area contributed by atoms with Gasteiger partial charge in [-0.15, -0.1) is 0 Å². The minimum absolute atomic E-state index is 0.119. The number of amides is 2. The minimum Gasteiger partial charge on any atom is -0.465 e. The van der Waals surface area contributed by atoms with Crippen LogP contribution in [-0.4, -0.2) is 35.7 Å². The van der Waals surface area contributed by atoms with Gasteiger partial charge in [-0.2, -0.15) is 0 Å². The van der Waals surface area contributed by atoms with Crippen LogP contribution in [0, 0.1) is 0 Å². The summed E-state index contributed by atoms with van der Waals surface area (Å²) in [6, 6.07) is -0.796. The molecule has 0 aliphatic carbocycles. The van der Waals surface area contributed by atoms with Gasteiger partial charge in [-0.3, -0.25) is 4.79 Å². The summed E-state index contributed by atoms with van der Waals surface area (Å²) in [5.74, 6) is -0.171. The van der Waals surface area contributed by atoms with Gasteiger partial charge in [-0.25, -0.2) is 4.79 Å². The third kappa shape index (κ3) is 2.09. The number of piperidine rings is 1. The van der Waals surface area contributed by atoms with Gasteiger partial charge in [0.25, 0.3) is 0 Å². The number of hydrogen-bond donors (Lipinski definition) is 4. The SMILES string of the molecule is NC1CNC(=O)CC1NC(=O)O. The maximum Gasteiger partial charge on any atom is 0.404 e. The van der Waals surface area contributed by atoms with E-state index >= 15 is 0 Å². The summed E-state index contributed by atoms with van der Waals surface area (Å²) < 4.78 is 0. The van der Waals surface area contributed by atoms with E-state index < -0.39 is 12.1 Å². The Morgan fingerprint density at radius 3 is 3.00 bits per heavy atom. The van der Waals surface area contributed by atoms with Crippen molar-refractivity contribution in [3.8, 4) is 0 Å². The van der Waals surface area contributed by atoms with E-state index in [0.29, 0.717) is 6.54 Å². The summed E-state index contributed by atoms with van der Waals surface area (Å²) in [7, 11) is 0. The number of rotatable bonds is 1. The van der Waals surface area contributed by atoms with E-state index in [4.69, 9.17) is 10.8 Å². The molecule has 1 heterocycles. The third-order valence-corrected chi connectivity index (χ3v) is 1.77. The Bertz CT molecular complexity index is 204. The van der Waals surface area contributed by atoms with Crippen LogP contribution in [0.5, 0.6) is 0 Å². The Kier molecular flexibility index (Phi) is 2.49. The number of carbonyl (C=O) groups excluding carboxylic acids is 1. The molecule has 0 aromatic heterocycles. The van der Waals surface area contributed by atoms with Crippen LogP contribution in [0.4, 0.5) is 4.79 Å². The highest BCUT2D eigenvalue weighted by Gasteiger charge is 2.27. The van der Waals surface area contributed by atoms with Crippen molar-refractivity contribution in [2.75, 3.05) is 6.54 Å². The molecule has 1 aliphatic rings. The zero-order valence-corrected chi connectivity index (χ0v) is 6.41. The van der Waals surface area contributed by atoms with Crippen molar-refractivity contribution in [1.29, 1.82) is 0 Å². The van der Waals surface area contributed by atoms with Crippen LogP contribution >= 0.6 is 0 Å². The number of hydrogen-bond acceptors (Lipinski definition) is 3. The first-order valence-electron chi connectivity index (χ1n) is 3.61. The van der Waals surface area contributed by atoms with Crippen molar-refractivity contribution in [3.63, 3.8) is 0 Å². The lowest BCUT2D eigenvalue weighted by atomic mass is 10.0. The number of nitrogens with one attached hydrogen (secondary N) is 2. The molecule has 0 saturated carbocycles. The quantitative estimate of drug-likeness (QED) is 0.386. The summed E-state index contributed by atoms with van der Waals surface area (Å²) in [6.45, 7) is 0.323. The smallest absolute Gasteiger partial charge is 0.404 e. The normalized spacial score (nSPS) is 29.2. The summed E-state index contributed by atoms with van der Waals surface area (Å²) >= 11 is 0. The number of carboxylic acid groups (broad SMARTS) is 1. The van der Waals surface area contributed by atoms with Gasteiger partial charge < -0.3 is 21.5 Å². The van der Waals surface area contributed by atoms with Gasteiger partial charge >= 0.3 is 6.09 Å². The Hall–Kier alpha value is -1.30. The van der Waals surface area contributed by atoms with Gasteiger partial charge in [0.2, 0.25) is 5.91 Å². The predicted molar refractivity (Wildman–Crippen MR) is 40.6 cm³/mol. The Balaban J connectivity index is 2.49. The summed E-state index contributed by atoms with van der Waals surface area (Å²) in [4.78, 5) is 21.0. The monoisotopic (exact) mass is 173 g/mol. The molecule has 1 fully saturated rings. The van der Waals surface area contributed by atoms with Gasteiger partial charge in [-0.05, 0) is 0 Å². The van der Waals surface area contributed by atoms with Crippen molar-refractivity contribution in [3.05, 3.63) is 0 Å². The minimum atomic E-state index is -1.15. The van der Waals surface area contributed by atoms with E-state index in [-0.39, 0.29) is 18.4 Å². The summed E-state index contributed by atoms with van der Waals surface area (Å²) in [5, 5.41) is 13.1. The lowest BCUT2D eigenvalue weighted by molar-refractivity contribution is -0.123. The van der Waals surface area contributed by atoms with Gasteiger partial charge in [0, 0.05) is 19.0 Å². The molecular weight excluding hydrogens is 162 g/mol. The van der Waals surface area contributed by atoms with Gasteiger partial charge in [0.05, 0.1) is 6.04 Å². The Morgan fingerprint density at radius 2 is 2.42 bits per heavy atom. The highest BCUT2D eigenvalue weighted by molar-refractivity contribution is 5.78. The molecular formula is C6H11N3O3. The first-order chi connectivity index (χ1) is 5.59. The topological polar surface area (TPSA) is 104 Å². The molecule has 1 saturated heterocycles. The van der Waals surface area contributed by atoms with Crippen LogP contribution in [0.25, 0.3) is 0 Å². The molecule has 1 rings (SSSR count). The van der Waals surface area contributed by atoms with Gasteiger partial charge in [-0.1, -0.05) is 0 Å². The van der Waals surface area contributed by atoms with Crippen molar-refractivity contribution in [2.24, 2.45) is 5.73 Å². The molecule has 2 amide bonds. The van der Waals surface area contributed by atoms with Crippen molar-refractivity contribution < 1.29 is 14.7 Å². The molecule has 5 N–H and O–H groups in total.